The number of rotatable bonds is 3. The van der Waals surface area contributed by atoms with Crippen LogP contribution in [0.2, 0.25) is 0 Å². The smallest absolute Gasteiger partial charge is 0.356 e. The summed E-state index contributed by atoms with van der Waals surface area (Å²) < 4.78 is 36.2. The highest BCUT2D eigenvalue weighted by Crippen LogP contribution is 2.16. The Hall–Kier alpha value is -0.680. The zero-order valence-corrected chi connectivity index (χ0v) is 8.61. The molecular weight excluding hydrogens is 219 g/mol. The summed E-state index contributed by atoms with van der Waals surface area (Å²) in [5, 5.41) is -1.11. The van der Waals surface area contributed by atoms with Crippen LogP contribution in [0, 0.1) is 0 Å². The molecule has 0 aromatic rings. The van der Waals surface area contributed by atoms with E-state index in [4.69, 9.17) is 10.4 Å². The van der Waals surface area contributed by atoms with Crippen LogP contribution in [0.3, 0.4) is 0 Å². The van der Waals surface area contributed by atoms with Crippen LogP contribution in [0.1, 0.15) is 13.3 Å². The molecule has 0 heterocycles. The third-order valence-electron chi connectivity index (χ3n) is 0.995. The molecule has 0 saturated heterocycles. The summed E-state index contributed by atoms with van der Waals surface area (Å²) in [5.41, 5.74) is 8.19. The van der Waals surface area contributed by atoms with E-state index in [1.165, 1.54) is 0 Å². The molecule has 0 aliphatic rings. The summed E-state index contributed by atoms with van der Waals surface area (Å²) in [4.78, 5) is 10.5. The van der Waals surface area contributed by atoms with Crippen molar-refractivity contribution < 1.29 is 27.2 Å². The van der Waals surface area contributed by atoms with E-state index in [1.54, 1.807) is 6.92 Å². The van der Waals surface area contributed by atoms with Crippen LogP contribution in [0.15, 0.2) is 0 Å². The third kappa shape index (κ3) is 4.19. The molecule has 7 nitrogen and oxygen atoms in total. The van der Waals surface area contributed by atoms with Gasteiger partial charge in [-0.25, -0.2) is 13.0 Å². The van der Waals surface area contributed by atoms with Crippen molar-refractivity contribution in [2.75, 3.05) is 5.75 Å². The van der Waals surface area contributed by atoms with Crippen LogP contribution in [-0.2, 0) is 18.9 Å². The number of hydrogen-bond acceptors (Lipinski definition) is 4. The molecular formula is C4H9N2O5PS. The summed E-state index contributed by atoms with van der Waals surface area (Å²) in [6.45, 7) is 1.59. The van der Waals surface area contributed by atoms with Gasteiger partial charge in [0.1, 0.15) is 0 Å². The molecule has 0 saturated carbocycles. The van der Waals surface area contributed by atoms with Crippen molar-refractivity contribution in [2.45, 2.75) is 13.3 Å². The van der Waals surface area contributed by atoms with Crippen molar-refractivity contribution in [2.24, 2.45) is 0 Å². The lowest BCUT2D eigenvalue weighted by atomic mass is 10.6. The minimum Gasteiger partial charge on any atom is -0.356 e. The van der Waals surface area contributed by atoms with Crippen LogP contribution in [0.5, 0.6) is 0 Å². The molecule has 0 fully saturated rings. The van der Waals surface area contributed by atoms with Crippen molar-refractivity contribution in [3.63, 3.8) is 0 Å². The minimum absolute atomic E-state index is 0.289. The maximum Gasteiger partial charge on any atom is 0.576 e. The molecule has 1 unspecified atom stereocenters. The number of hydrogen-bond donors (Lipinski definition) is 1. The van der Waals surface area contributed by atoms with E-state index in [0.29, 0.717) is 0 Å². The fourth-order valence-electron chi connectivity index (χ4n) is 0.577. The molecule has 0 aromatic heterocycles. The molecule has 76 valence electrons. The van der Waals surface area contributed by atoms with Gasteiger partial charge in [0.05, 0.1) is 5.75 Å². The van der Waals surface area contributed by atoms with Crippen LogP contribution in [0.25, 0.3) is 5.53 Å². The Morgan fingerprint density at radius 3 is 2.54 bits per heavy atom. The Kier molecular flexibility index (Phi) is 4.87. The summed E-state index contributed by atoms with van der Waals surface area (Å²) in [6, 6.07) is 0. The maximum absolute atomic E-state index is 11.0. The van der Waals surface area contributed by atoms with E-state index in [2.05, 4.69) is 9.31 Å². The lowest BCUT2D eigenvalue weighted by molar-refractivity contribution is -0.0204. The van der Waals surface area contributed by atoms with E-state index in [0.717, 1.165) is 0 Å². The van der Waals surface area contributed by atoms with Gasteiger partial charge in [-0.15, -0.1) is 4.79 Å². The van der Waals surface area contributed by atoms with E-state index < -0.39 is 23.3 Å². The van der Waals surface area contributed by atoms with Gasteiger partial charge >= 0.3 is 13.5 Å². The van der Waals surface area contributed by atoms with Crippen molar-refractivity contribution in [1.82, 2.24) is 0 Å². The lowest BCUT2D eigenvalue weighted by Crippen LogP contribution is -2.19. The van der Waals surface area contributed by atoms with Gasteiger partial charge in [-0.3, -0.25) is 0 Å². The van der Waals surface area contributed by atoms with Gasteiger partial charge < -0.3 is 14.9 Å². The van der Waals surface area contributed by atoms with Gasteiger partial charge in [-0.2, -0.15) is 0 Å². The highest BCUT2D eigenvalue weighted by atomic mass is 32.2. The zero-order valence-electron chi connectivity index (χ0n) is 6.80. The van der Waals surface area contributed by atoms with Crippen molar-refractivity contribution in [1.29, 1.82) is 0 Å². The molecule has 1 N–H and O–H groups in total. The Balaban J connectivity index is 4.81. The molecule has 0 bridgehead atoms. The van der Waals surface area contributed by atoms with Gasteiger partial charge in [0.15, 0.2) is 0 Å². The highest BCUT2D eigenvalue weighted by molar-refractivity contribution is 8.05. The normalized spacial score (nSPS) is 13.1. The second-order valence-electron chi connectivity index (χ2n) is 2.05. The van der Waals surface area contributed by atoms with E-state index >= 15 is 0 Å². The van der Waals surface area contributed by atoms with Gasteiger partial charge in [0, 0.05) is 0 Å². The minimum atomic E-state index is -3.87. The quantitative estimate of drug-likeness (QED) is 0.236. The largest absolute Gasteiger partial charge is 0.576 e. The maximum atomic E-state index is 11.0. The SMILES string of the molecule is CCCS(=O)(=O)C(=[N+]=[N-])O[PH](=O)O. The van der Waals surface area contributed by atoms with Gasteiger partial charge in [0.25, 0.3) is 9.84 Å². The van der Waals surface area contributed by atoms with Crippen LogP contribution in [-0.4, -0.2) is 29.1 Å². The summed E-state index contributed by atoms with van der Waals surface area (Å²) in [5.74, 6) is -0.304. The zero-order chi connectivity index (χ0) is 10.5. The molecule has 0 radical (unpaired) electrons. The fraction of sp³-hybridized carbons (Fsp3) is 0.750. The Labute approximate surface area is 75.8 Å². The summed E-state index contributed by atoms with van der Waals surface area (Å²) >= 11 is 0. The van der Waals surface area contributed by atoms with Crippen molar-refractivity contribution in [3.8, 4) is 0 Å². The van der Waals surface area contributed by atoms with Crippen LogP contribution in [0.4, 0.5) is 0 Å². The summed E-state index contributed by atoms with van der Waals surface area (Å²) in [7, 11) is -7.34. The molecule has 0 aliphatic carbocycles. The average molecular weight is 228 g/mol. The molecule has 0 rings (SSSR count). The second-order valence-corrected chi connectivity index (χ2v) is 4.78. The Morgan fingerprint density at radius 1 is 1.69 bits per heavy atom. The fourth-order valence-corrected chi connectivity index (χ4v) is 2.33. The van der Waals surface area contributed by atoms with Gasteiger partial charge in [-0.05, 0) is 6.42 Å². The topological polar surface area (TPSA) is 117 Å². The summed E-state index contributed by atoms with van der Waals surface area (Å²) in [6.07, 6.45) is 0.289. The monoisotopic (exact) mass is 228 g/mol. The van der Waals surface area contributed by atoms with E-state index in [9.17, 15) is 13.0 Å². The van der Waals surface area contributed by atoms with Crippen LogP contribution >= 0.6 is 8.25 Å². The first-order valence-corrected chi connectivity index (χ1v) is 6.21. The Bertz CT molecular complexity index is 344. The third-order valence-corrected chi connectivity index (χ3v) is 3.15. The predicted molar refractivity (Wildman–Crippen MR) is 45.0 cm³/mol. The van der Waals surface area contributed by atoms with E-state index in [1.807, 2.05) is 0 Å². The number of sulfone groups is 1. The second kappa shape index (κ2) is 5.14. The molecule has 13 heavy (non-hydrogen) atoms. The standard InChI is InChI=1S/C4H9N2O5PS/c1-2-3-13(9,10)4(6-5)11-12(7)8/h12H,2-3H2,1H3,(H,7,8). The van der Waals surface area contributed by atoms with Crippen molar-refractivity contribution >= 4 is 23.3 Å². The molecule has 0 spiro atoms. The average Bonchev–Trinajstić information content (AvgIpc) is 1.99. The molecule has 1 atom stereocenters. The lowest BCUT2D eigenvalue weighted by Gasteiger charge is -1.96. The van der Waals surface area contributed by atoms with Gasteiger partial charge in [-0.1, -0.05) is 6.92 Å². The van der Waals surface area contributed by atoms with Crippen molar-refractivity contribution in [3.05, 3.63) is 5.53 Å². The van der Waals surface area contributed by atoms with E-state index in [-0.39, 0.29) is 12.2 Å². The molecule has 0 amide bonds. The molecule has 9 heteroatoms. The first kappa shape index (κ1) is 12.3. The predicted octanol–water partition coefficient (Wildman–Crippen LogP) is -0.204. The first-order chi connectivity index (χ1) is 5.94. The van der Waals surface area contributed by atoms with Gasteiger partial charge in [0.2, 0.25) is 0 Å². The molecule has 0 aliphatic heterocycles. The number of nitrogens with zero attached hydrogens (tertiary/aromatic N) is 2. The molecule has 0 aromatic carbocycles. The first-order valence-electron chi connectivity index (χ1n) is 3.29. The Morgan fingerprint density at radius 2 is 2.23 bits per heavy atom. The highest BCUT2D eigenvalue weighted by Gasteiger charge is 2.30. The van der Waals surface area contributed by atoms with Crippen LogP contribution < -0.4 is 0 Å².